The monoisotopic (exact) mass is 423 g/mol. The predicted molar refractivity (Wildman–Crippen MR) is 122 cm³/mol. The number of rotatable bonds is 5. The van der Waals surface area contributed by atoms with Gasteiger partial charge >= 0.3 is 0 Å². The van der Waals surface area contributed by atoms with E-state index < -0.39 is 0 Å². The van der Waals surface area contributed by atoms with Crippen LogP contribution in [0, 0.1) is 0 Å². The number of thiocarbonyl (C=S) groups is 1. The SMILES string of the molecule is COc1ccc(NC(=S)N2CCn3cccc3C2c2cc(OC)ccc2OC)cc1. The van der Waals surface area contributed by atoms with Crippen LogP contribution in [0.25, 0.3) is 0 Å². The highest BCUT2D eigenvalue weighted by Crippen LogP contribution is 2.39. The van der Waals surface area contributed by atoms with Crippen LogP contribution in [-0.2, 0) is 6.54 Å². The van der Waals surface area contributed by atoms with Crippen molar-refractivity contribution in [3.63, 3.8) is 0 Å². The minimum absolute atomic E-state index is 0.1000. The molecular formula is C23H25N3O3S. The van der Waals surface area contributed by atoms with E-state index in [1.807, 2.05) is 42.5 Å². The molecule has 156 valence electrons. The summed E-state index contributed by atoms with van der Waals surface area (Å²) in [7, 11) is 5.01. The quantitative estimate of drug-likeness (QED) is 0.617. The van der Waals surface area contributed by atoms with Crippen LogP contribution >= 0.6 is 12.2 Å². The molecule has 0 spiro atoms. The molecule has 1 aliphatic rings. The zero-order chi connectivity index (χ0) is 21.1. The molecule has 2 aromatic carbocycles. The Kier molecular flexibility index (Phi) is 5.81. The summed E-state index contributed by atoms with van der Waals surface area (Å²) in [5.41, 5.74) is 3.08. The molecule has 0 aliphatic carbocycles. The topological polar surface area (TPSA) is 47.9 Å². The summed E-state index contributed by atoms with van der Waals surface area (Å²) >= 11 is 5.84. The molecule has 4 rings (SSSR count). The average Bonchev–Trinajstić information content (AvgIpc) is 3.27. The smallest absolute Gasteiger partial charge is 0.174 e. The van der Waals surface area contributed by atoms with Crippen LogP contribution in [0.3, 0.4) is 0 Å². The van der Waals surface area contributed by atoms with Gasteiger partial charge in [0, 0.05) is 36.2 Å². The fourth-order valence-electron chi connectivity index (χ4n) is 3.85. The number of hydrogen-bond acceptors (Lipinski definition) is 4. The van der Waals surface area contributed by atoms with Gasteiger partial charge in [-0.2, -0.15) is 0 Å². The second-order valence-corrected chi connectivity index (χ2v) is 7.38. The van der Waals surface area contributed by atoms with E-state index in [9.17, 15) is 0 Å². The van der Waals surface area contributed by atoms with Crippen molar-refractivity contribution in [1.29, 1.82) is 0 Å². The molecule has 1 aromatic heterocycles. The van der Waals surface area contributed by atoms with Gasteiger partial charge in [-0.25, -0.2) is 0 Å². The lowest BCUT2D eigenvalue weighted by Gasteiger charge is -2.39. The molecule has 1 aliphatic heterocycles. The van der Waals surface area contributed by atoms with Gasteiger partial charge < -0.3 is 29.0 Å². The van der Waals surface area contributed by atoms with Crippen LogP contribution < -0.4 is 19.5 Å². The van der Waals surface area contributed by atoms with E-state index in [0.29, 0.717) is 5.11 Å². The Bertz CT molecular complexity index is 1030. The lowest BCUT2D eigenvalue weighted by Crippen LogP contribution is -2.44. The zero-order valence-electron chi connectivity index (χ0n) is 17.3. The van der Waals surface area contributed by atoms with Gasteiger partial charge in [0.25, 0.3) is 0 Å². The van der Waals surface area contributed by atoms with Crippen molar-refractivity contribution in [2.45, 2.75) is 12.6 Å². The van der Waals surface area contributed by atoms with Gasteiger partial charge in [0.2, 0.25) is 0 Å². The zero-order valence-corrected chi connectivity index (χ0v) is 18.1. The number of nitrogens with one attached hydrogen (secondary N) is 1. The molecule has 1 N–H and O–H groups in total. The molecule has 1 unspecified atom stereocenters. The van der Waals surface area contributed by atoms with Gasteiger partial charge in [-0.1, -0.05) is 0 Å². The highest BCUT2D eigenvalue weighted by atomic mass is 32.1. The van der Waals surface area contributed by atoms with Gasteiger partial charge in [0.1, 0.15) is 23.3 Å². The summed E-state index contributed by atoms with van der Waals surface area (Å²) in [6.45, 7) is 1.63. The Labute approximate surface area is 182 Å². The second kappa shape index (κ2) is 8.67. The van der Waals surface area contributed by atoms with Crippen LogP contribution in [0.5, 0.6) is 17.2 Å². The average molecular weight is 424 g/mol. The van der Waals surface area contributed by atoms with E-state index in [1.54, 1.807) is 21.3 Å². The largest absolute Gasteiger partial charge is 0.497 e. The van der Waals surface area contributed by atoms with E-state index in [4.69, 9.17) is 26.4 Å². The molecule has 7 heteroatoms. The van der Waals surface area contributed by atoms with Crippen LogP contribution in [0.15, 0.2) is 60.8 Å². The van der Waals surface area contributed by atoms with Crippen molar-refractivity contribution in [3.05, 3.63) is 72.1 Å². The number of methoxy groups -OCH3 is 3. The van der Waals surface area contributed by atoms with Gasteiger partial charge in [-0.15, -0.1) is 0 Å². The number of anilines is 1. The third kappa shape index (κ3) is 3.80. The predicted octanol–water partition coefficient (Wildman–Crippen LogP) is 4.32. The van der Waals surface area contributed by atoms with Crippen LogP contribution in [-0.4, -0.2) is 42.5 Å². The first-order valence-corrected chi connectivity index (χ1v) is 10.1. The number of benzene rings is 2. The molecule has 2 heterocycles. The minimum Gasteiger partial charge on any atom is -0.497 e. The third-order valence-corrected chi connectivity index (χ3v) is 5.71. The molecule has 0 amide bonds. The highest BCUT2D eigenvalue weighted by Gasteiger charge is 2.33. The molecule has 6 nitrogen and oxygen atoms in total. The molecule has 0 saturated heterocycles. The summed E-state index contributed by atoms with van der Waals surface area (Å²) < 4.78 is 18.7. The molecule has 0 radical (unpaired) electrons. The number of aromatic nitrogens is 1. The number of hydrogen-bond donors (Lipinski definition) is 1. The summed E-state index contributed by atoms with van der Waals surface area (Å²) in [6, 6.07) is 17.7. The molecule has 3 aromatic rings. The van der Waals surface area contributed by atoms with Gasteiger partial charge in [-0.05, 0) is 66.8 Å². The van der Waals surface area contributed by atoms with Crippen molar-refractivity contribution < 1.29 is 14.2 Å². The highest BCUT2D eigenvalue weighted by molar-refractivity contribution is 7.80. The van der Waals surface area contributed by atoms with E-state index in [0.717, 1.165) is 47.3 Å². The first-order chi connectivity index (χ1) is 14.6. The Hall–Kier alpha value is -3.19. The van der Waals surface area contributed by atoms with Crippen LogP contribution in [0.2, 0.25) is 0 Å². The van der Waals surface area contributed by atoms with Crippen molar-refractivity contribution in [1.82, 2.24) is 9.47 Å². The molecule has 30 heavy (non-hydrogen) atoms. The standard InChI is InChI=1S/C23H25N3O3S/c1-27-17-8-6-16(7-9-17)24-23(30)26-14-13-25-12-4-5-20(25)22(26)19-15-18(28-2)10-11-21(19)29-3/h4-12,15,22H,13-14H2,1-3H3,(H,24,30). The minimum atomic E-state index is -0.1000. The normalized spacial score (nSPS) is 15.3. The van der Waals surface area contributed by atoms with Crippen LogP contribution in [0.1, 0.15) is 17.3 Å². The second-order valence-electron chi connectivity index (χ2n) is 6.99. The van der Waals surface area contributed by atoms with E-state index >= 15 is 0 Å². The van der Waals surface area contributed by atoms with Gasteiger partial charge in [0.15, 0.2) is 5.11 Å². The Morgan fingerprint density at radius 2 is 1.67 bits per heavy atom. The van der Waals surface area contributed by atoms with Gasteiger partial charge in [0.05, 0.1) is 21.3 Å². The Morgan fingerprint density at radius 1 is 0.933 bits per heavy atom. The molecule has 0 bridgehead atoms. The molecule has 1 atom stereocenters. The maximum absolute atomic E-state index is 5.84. The first kappa shape index (κ1) is 20.1. The van der Waals surface area contributed by atoms with Gasteiger partial charge in [-0.3, -0.25) is 0 Å². The summed E-state index contributed by atoms with van der Waals surface area (Å²) in [5.74, 6) is 2.39. The van der Waals surface area contributed by atoms with Crippen LogP contribution in [0.4, 0.5) is 5.69 Å². The van der Waals surface area contributed by atoms with E-state index in [1.165, 1.54) is 0 Å². The van der Waals surface area contributed by atoms with Crippen molar-refractivity contribution in [2.24, 2.45) is 0 Å². The van der Waals surface area contributed by atoms with E-state index in [2.05, 4.69) is 33.1 Å². The lowest BCUT2D eigenvalue weighted by molar-refractivity contribution is 0.284. The Balaban J connectivity index is 1.71. The molecular weight excluding hydrogens is 398 g/mol. The van der Waals surface area contributed by atoms with Crippen molar-refractivity contribution in [3.8, 4) is 17.2 Å². The lowest BCUT2D eigenvalue weighted by atomic mass is 9.99. The maximum Gasteiger partial charge on any atom is 0.174 e. The summed E-state index contributed by atoms with van der Waals surface area (Å²) in [4.78, 5) is 2.20. The third-order valence-electron chi connectivity index (χ3n) is 5.37. The fourth-order valence-corrected chi connectivity index (χ4v) is 4.17. The van der Waals surface area contributed by atoms with Crippen molar-refractivity contribution >= 4 is 23.0 Å². The Morgan fingerprint density at radius 3 is 2.37 bits per heavy atom. The summed E-state index contributed by atoms with van der Waals surface area (Å²) in [5, 5.41) is 4.03. The van der Waals surface area contributed by atoms with Crippen molar-refractivity contribution in [2.75, 3.05) is 33.2 Å². The van der Waals surface area contributed by atoms with E-state index in [-0.39, 0.29) is 6.04 Å². The first-order valence-electron chi connectivity index (χ1n) is 9.73. The summed E-state index contributed by atoms with van der Waals surface area (Å²) in [6.07, 6.45) is 2.10. The fraction of sp³-hybridized carbons (Fsp3) is 0.261. The number of ether oxygens (including phenoxy) is 3. The maximum atomic E-state index is 5.84. The number of fused-ring (bicyclic) bond motifs is 1. The number of nitrogens with zero attached hydrogens (tertiary/aromatic N) is 2. The molecule has 0 fully saturated rings. The molecule has 0 saturated carbocycles.